The number of hydrogen-bond acceptors (Lipinski definition) is 5. The van der Waals surface area contributed by atoms with Crippen LogP contribution in [0, 0.1) is 29.5 Å². The molecule has 2 N–H and O–H groups in total. The first-order valence-corrected chi connectivity index (χ1v) is 15.6. The summed E-state index contributed by atoms with van der Waals surface area (Å²) in [4.78, 5) is 44.5. The van der Waals surface area contributed by atoms with Crippen LogP contribution in [0.2, 0.25) is 0 Å². The van der Waals surface area contributed by atoms with Crippen molar-refractivity contribution in [3.05, 3.63) is 72.1 Å². The molecule has 0 radical (unpaired) electrons. The minimum absolute atomic E-state index is 0.0301. The lowest BCUT2D eigenvalue weighted by molar-refractivity contribution is -0.142. The Bertz CT molecular complexity index is 1400. The fourth-order valence-electron chi connectivity index (χ4n) is 7.22. The van der Waals surface area contributed by atoms with Crippen LogP contribution in [0.15, 0.2) is 65.6 Å². The Labute approximate surface area is 244 Å². The third-order valence-corrected chi connectivity index (χ3v) is 10.3. The minimum Gasteiger partial charge on any atom is -0.359 e. The zero-order valence-electron chi connectivity index (χ0n) is 23.5. The monoisotopic (exact) mass is 577 g/mol. The average molecular weight is 578 g/mol. The van der Waals surface area contributed by atoms with E-state index in [0.29, 0.717) is 17.2 Å². The first kappa shape index (κ1) is 28.0. The van der Waals surface area contributed by atoms with Crippen molar-refractivity contribution >= 4 is 35.2 Å². The number of anilines is 1. The van der Waals surface area contributed by atoms with Gasteiger partial charge in [0.15, 0.2) is 0 Å². The number of amides is 3. The first-order valence-electron chi connectivity index (χ1n) is 14.4. The van der Waals surface area contributed by atoms with Gasteiger partial charge >= 0.3 is 0 Å². The number of carbonyl (C=O) groups excluding carboxylic acids is 3. The minimum atomic E-state index is -1.30. The van der Waals surface area contributed by atoms with Gasteiger partial charge in [-0.3, -0.25) is 14.4 Å². The SMILES string of the molecule is CSc1cccc(NC(=O)[C@@H]2[C@@H]3C=C[C@]4(O3)[C@@H]2C(=O)N(Cc2ccccc2F)[C@H]4C(=O)N[C@@H]2CCC[C@H](C)[C@@H]2C)c1. The number of benzene rings is 2. The van der Waals surface area contributed by atoms with E-state index >= 15 is 0 Å². The topological polar surface area (TPSA) is 87.7 Å². The van der Waals surface area contributed by atoms with Crippen molar-refractivity contribution in [1.82, 2.24) is 10.2 Å². The predicted octanol–water partition coefficient (Wildman–Crippen LogP) is 4.78. The van der Waals surface area contributed by atoms with Crippen molar-refractivity contribution in [3.63, 3.8) is 0 Å². The second-order valence-electron chi connectivity index (χ2n) is 11.9. The summed E-state index contributed by atoms with van der Waals surface area (Å²) in [5.74, 6) is -2.44. The van der Waals surface area contributed by atoms with Crippen LogP contribution in [0.1, 0.15) is 38.7 Å². The van der Waals surface area contributed by atoms with E-state index in [-0.39, 0.29) is 36.2 Å². The second-order valence-corrected chi connectivity index (χ2v) is 12.7. The smallest absolute Gasteiger partial charge is 0.246 e. The van der Waals surface area contributed by atoms with E-state index in [0.717, 1.165) is 24.2 Å². The van der Waals surface area contributed by atoms with Gasteiger partial charge in [-0.2, -0.15) is 0 Å². The lowest BCUT2D eigenvalue weighted by Crippen LogP contribution is -2.57. The molecule has 0 aromatic heterocycles. The van der Waals surface area contributed by atoms with Gasteiger partial charge in [0.05, 0.1) is 17.9 Å². The highest BCUT2D eigenvalue weighted by Gasteiger charge is 2.72. The Kier molecular flexibility index (Phi) is 7.44. The third kappa shape index (κ3) is 4.77. The number of hydrogen-bond donors (Lipinski definition) is 2. The van der Waals surface area contributed by atoms with Crippen molar-refractivity contribution < 1.29 is 23.5 Å². The number of nitrogens with zero attached hydrogens (tertiary/aromatic N) is 1. The number of rotatable bonds is 7. The Hall–Kier alpha value is -3.17. The van der Waals surface area contributed by atoms with E-state index in [9.17, 15) is 18.8 Å². The van der Waals surface area contributed by atoms with Crippen LogP contribution >= 0.6 is 11.8 Å². The molecule has 9 heteroatoms. The van der Waals surface area contributed by atoms with E-state index < -0.39 is 35.4 Å². The molecule has 2 saturated heterocycles. The molecule has 1 spiro atoms. The molecule has 7 nitrogen and oxygen atoms in total. The van der Waals surface area contributed by atoms with E-state index in [1.807, 2.05) is 24.5 Å². The van der Waals surface area contributed by atoms with E-state index in [1.54, 1.807) is 48.2 Å². The number of halogens is 1. The summed E-state index contributed by atoms with van der Waals surface area (Å²) in [7, 11) is 0. The van der Waals surface area contributed by atoms with Gasteiger partial charge in [-0.05, 0) is 48.8 Å². The number of thioether (sulfide) groups is 1. The third-order valence-electron chi connectivity index (χ3n) is 9.60. The Morgan fingerprint density at radius 3 is 2.71 bits per heavy atom. The average Bonchev–Trinajstić information content (AvgIpc) is 3.60. The number of likely N-dealkylation sites (tertiary alicyclic amines) is 1. The zero-order chi connectivity index (χ0) is 28.9. The van der Waals surface area contributed by atoms with E-state index in [4.69, 9.17) is 4.74 Å². The standard InChI is InChI=1S/C32H36FN3O4S/c1-18-8-6-13-24(19(18)2)35-30(38)28-32-15-14-25(40-32)26(29(37)34-21-10-7-11-22(16-21)41-3)27(32)31(39)36(28)17-20-9-4-5-12-23(20)33/h4-5,7,9-12,14-16,18-19,24-28H,6,8,13,17H2,1-3H3,(H,34,37)(H,35,38)/t18-,19-,24+,25-,26+,27-,28-,32-/m0/s1. The lowest BCUT2D eigenvalue weighted by Gasteiger charge is -2.38. The molecule has 3 heterocycles. The van der Waals surface area contributed by atoms with Crippen molar-refractivity contribution in [3.8, 4) is 0 Å². The molecular weight excluding hydrogens is 541 g/mol. The molecular formula is C32H36FN3O4S. The van der Waals surface area contributed by atoms with Crippen LogP contribution in [0.5, 0.6) is 0 Å². The molecule has 1 saturated carbocycles. The molecule has 2 aromatic carbocycles. The van der Waals surface area contributed by atoms with Crippen LogP contribution in [-0.4, -0.2) is 52.7 Å². The number of ether oxygens (including phenoxy) is 1. The summed E-state index contributed by atoms with van der Waals surface area (Å²) in [6.45, 7) is 4.25. The molecule has 3 aliphatic heterocycles. The van der Waals surface area contributed by atoms with Gasteiger partial charge in [0, 0.05) is 28.7 Å². The Morgan fingerprint density at radius 1 is 1.12 bits per heavy atom. The Morgan fingerprint density at radius 2 is 1.93 bits per heavy atom. The highest BCUT2D eigenvalue weighted by atomic mass is 32.2. The van der Waals surface area contributed by atoms with Gasteiger partial charge < -0.3 is 20.3 Å². The molecule has 216 valence electrons. The lowest BCUT2D eigenvalue weighted by atomic mass is 9.73. The van der Waals surface area contributed by atoms with Crippen LogP contribution in [0.3, 0.4) is 0 Å². The van der Waals surface area contributed by atoms with Crippen molar-refractivity contribution in [2.75, 3.05) is 11.6 Å². The molecule has 4 aliphatic rings. The molecule has 41 heavy (non-hydrogen) atoms. The maximum atomic E-state index is 14.8. The van der Waals surface area contributed by atoms with Gasteiger partial charge in [0.2, 0.25) is 17.7 Å². The largest absolute Gasteiger partial charge is 0.359 e. The van der Waals surface area contributed by atoms with Gasteiger partial charge in [0.1, 0.15) is 17.5 Å². The molecule has 6 rings (SSSR count). The maximum Gasteiger partial charge on any atom is 0.246 e. The number of nitrogens with one attached hydrogen (secondary N) is 2. The molecule has 3 amide bonds. The summed E-state index contributed by atoms with van der Waals surface area (Å²) >= 11 is 1.57. The zero-order valence-corrected chi connectivity index (χ0v) is 24.3. The maximum absolute atomic E-state index is 14.8. The number of fused-ring (bicyclic) bond motifs is 1. The van der Waals surface area contributed by atoms with Gasteiger partial charge in [-0.15, -0.1) is 11.8 Å². The van der Waals surface area contributed by atoms with Gasteiger partial charge in [-0.1, -0.05) is 63.1 Å². The van der Waals surface area contributed by atoms with Crippen LogP contribution in [0.25, 0.3) is 0 Å². The van der Waals surface area contributed by atoms with Crippen molar-refractivity contribution in [2.45, 2.75) is 68.3 Å². The summed E-state index contributed by atoms with van der Waals surface area (Å²) in [6, 6.07) is 12.7. The normalized spacial score (nSPS) is 33.6. The summed E-state index contributed by atoms with van der Waals surface area (Å²) in [5, 5.41) is 6.21. The predicted molar refractivity (Wildman–Crippen MR) is 155 cm³/mol. The van der Waals surface area contributed by atoms with Gasteiger partial charge in [-0.25, -0.2) is 4.39 Å². The second kappa shape index (κ2) is 10.9. The quantitative estimate of drug-likeness (QED) is 0.366. The molecule has 1 aliphatic carbocycles. The summed E-state index contributed by atoms with van der Waals surface area (Å²) < 4.78 is 21.2. The van der Waals surface area contributed by atoms with Gasteiger partial charge in [0.25, 0.3) is 0 Å². The van der Waals surface area contributed by atoms with Crippen LogP contribution in [0.4, 0.5) is 10.1 Å². The van der Waals surface area contributed by atoms with Crippen LogP contribution in [-0.2, 0) is 25.7 Å². The fourth-order valence-corrected chi connectivity index (χ4v) is 7.68. The van der Waals surface area contributed by atoms with Crippen molar-refractivity contribution in [1.29, 1.82) is 0 Å². The highest BCUT2D eigenvalue weighted by Crippen LogP contribution is 2.55. The summed E-state index contributed by atoms with van der Waals surface area (Å²) in [6.07, 6.45) is 7.91. The molecule has 2 bridgehead atoms. The van der Waals surface area contributed by atoms with Crippen molar-refractivity contribution in [2.24, 2.45) is 23.7 Å². The molecule has 0 unspecified atom stereocenters. The van der Waals surface area contributed by atoms with E-state index in [1.165, 1.54) is 11.0 Å². The molecule has 8 atom stereocenters. The highest BCUT2D eigenvalue weighted by molar-refractivity contribution is 7.98. The first-order chi connectivity index (χ1) is 19.7. The fraction of sp³-hybridized carbons (Fsp3) is 0.469. The molecule has 3 fully saturated rings. The Balaban J connectivity index is 1.33. The van der Waals surface area contributed by atoms with Crippen LogP contribution < -0.4 is 10.6 Å². The summed E-state index contributed by atoms with van der Waals surface area (Å²) in [5.41, 5.74) is -0.363. The number of carbonyl (C=O) groups is 3. The van der Waals surface area contributed by atoms with E-state index in [2.05, 4.69) is 24.5 Å². The molecule has 2 aromatic rings.